The van der Waals surface area contributed by atoms with E-state index in [1.165, 1.54) is 11.1 Å². The van der Waals surface area contributed by atoms with Gasteiger partial charge in [0.25, 0.3) is 0 Å². The molecule has 0 atom stereocenters. The Balaban J connectivity index is 2.38. The minimum atomic E-state index is 0.0101. The van der Waals surface area contributed by atoms with Gasteiger partial charge in [-0.05, 0) is 41.8 Å². The average molecular weight is 477 g/mol. The SMILES string of the molecule is COc1cccc(CC(CBr)(CBr)c2cccc(Br)c2)c1. The lowest BCUT2D eigenvalue weighted by Gasteiger charge is -2.31. The molecule has 0 saturated carbocycles. The molecule has 1 nitrogen and oxygen atoms in total. The third-order valence-electron chi connectivity index (χ3n) is 3.63. The smallest absolute Gasteiger partial charge is 0.119 e. The molecule has 112 valence electrons. The van der Waals surface area contributed by atoms with Crippen molar-refractivity contribution >= 4 is 47.8 Å². The van der Waals surface area contributed by atoms with Crippen LogP contribution in [0.25, 0.3) is 0 Å². The molecule has 0 spiro atoms. The molecule has 2 rings (SSSR count). The summed E-state index contributed by atoms with van der Waals surface area (Å²) in [6.07, 6.45) is 0.942. The van der Waals surface area contributed by atoms with Gasteiger partial charge in [0.2, 0.25) is 0 Å². The fourth-order valence-corrected chi connectivity index (χ4v) is 4.75. The van der Waals surface area contributed by atoms with Crippen molar-refractivity contribution in [3.05, 3.63) is 64.1 Å². The van der Waals surface area contributed by atoms with Gasteiger partial charge in [-0.25, -0.2) is 0 Å². The Hall–Kier alpha value is -0.320. The molecule has 0 unspecified atom stereocenters. The van der Waals surface area contributed by atoms with Gasteiger partial charge in [-0.3, -0.25) is 0 Å². The molecule has 2 aromatic carbocycles. The van der Waals surface area contributed by atoms with Crippen LogP contribution >= 0.6 is 47.8 Å². The first-order chi connectivity index (χ1) is 10.1. The molecule has 0 aromatic heterocycles. The fourth-order valence-electron chi connectivity index (χ4n) is 2.38. The molecule has 0 bridgehead atoms. The number of methoxy groups -OCH3 is 1. The second-order valence-corrected chi connectivity index (χ2v) is 7.12. The Kier molecular flexibility index (Phi) is 6.33. The number of halogens is 3. The van der Waals surface area contributed by atoms with Crippen molar-refractivity contribution in [3.8, 4) is 5.75 Å². The zero-order chi connectivity index (χ0) is 15.3. The summed E-state index contributed by atoms with van der Waals surface area (Å²) in [6.45, 7) is 0. The summed E-state index contributed by atoms with van der Waals surface area (Å²) >= 11 is 11.0. The maximum Gasteiger partial charge on any atom is 0.119 e. The first-order valence-corrected chi connectivity index (χ1v) is 9.68. The molecule has 0 heterocycles. The number of hydrogen-bond donors (Lipinski definition) is 0. The molecule has 0 aliphatic carbocycles. The van der Waals surface area contributed by atoms with Crippen LogP contribution in [0.1, 0.15) is 11.1 Å². The van der Waals surface area contributed by atoms with Gasteiger partial charge in [0.15, 0.2) is 0 Å². The molecule has 4 heteroatoms. The van der Waals surface area contributed by atoms with Gasteiger partial charge in [-0.15, -0.1) is 0 Å². The second kappa shape index (κ2) is 7.80. The molecule has 0 aliphatic rings. The van der Waals surface area contributed by atoms with Crippen LogP contribution in [-0.4, -0.2) is 17.8 Å². The minimum absolute atomic E-state index is 0.0101. The highest BCUT2D eigenvalue weighted by Gasteiger charge is 2.30. The van der Waals surface area contributed by atoms with E-state index in [4.69, 9.17) is 4.74 Å². The lowest BCUT2D eigenvalue weighted by molar-refractivity contribution is 0.413. The zero-order valence-corrected chi connectivity index (χ0v) is 16.5. The monoisotopic (exact) mass is 474 g/mol. The van der Waals surface area contributed by atoms with E-state index in [-0.39, 0.29) is 5.41 Å². The van der Waals surface area contributed by atoms with E-state index in [1.54, 1.807) is 7.11 Å². The summed E-state index contributed by atoms with van der Waals surface area (Å²) in [5.41, 5.74) is 2.59. The predicted molar refractivity (Wildman–Crippen MR) is 100 cm³/mol. The van der Waals surface area contributed by atoms with Crippen LogP contribution in [0.2, 0.25) is 0 Å². The summed E-state index contributed by atoms with van der Waals surface area (Å²) in [6, 6.07) is 16.8. The molecular weight excluding hydrogens is 460 g/mol. The van der Waals surface area contributed by atoms with Gasteiger partial charge in [0.05, 0.1) is 7.11 Å². The van der Waals surface area contributed by atoms with Gasteiger partial charge >= 0.3 is 0 Å². The molecule has 0 saturated heterocycles. The molecular formula is C17H17Br3O. The quantitative estimate of drug-likeness (QED) is 0.484. The molecule has 2 aromatic rings. The Morgan fingerprint density at radius 2 is 1.71 bits per heavy atom. The number of hydrogen-bond acceptors (Lipinski definition) is 1. The van der Waals surface area contributed by atoms with Crippen molar-refractivity contribution in [2.45, 2.75) is 11.8 Å². The fraction of sp³-hybridized carbons (Fsp3) is 0.294. The van der Waals surface area contributed by atoms with Crippen molar-refractivity contribution in [2.24, 2.45) is 0 Å². The normalized spacial score (nSPS) is 11.4. The summed E-state index contributed by atoms with van der Waals surface area (Å²) in [5.74, 6) is 0.903. The Morgan fingerprint density at radius 3 is 2.33 bits per heavy atom. The number of alkyl halides is 2. The maximum absolute atomic E-state index is 5.33. The highest BCUT2D eigenvalue weighted by atomic mass is 79.9. The van der Waals surface area contributed by atoms with Crippen molar-refractivity contribution in [1.82, 2.24) is 0 Å². The predicted octanol–water partition coefficient (Wildman–Crippen LogP) is 5.73. The van der Waals surface area contributed by atoms with E-state index in [0.29, 0.717) is 0 Å². The van der Waals surface area contributed by atoms with E-state index < -0.39 is 0 Å². The van der Waals surface area contributed by atoms with Gasteiger partial charge in [0.1, 0.15) is 5.75 Å². The van der Waals surface area contributed by atoms with Crippen molar-refractivity contribution in [1.29, 1.82) is 0 Å². The van der Waals surface area contributed by atoms with Crippen LogP contribution in [0.3, 0.4) is 0 Å². The lowest BCUT2D eigenvalue weighted by atomic mass is 9.79. The van der Waals surface area contributed by atoms with Gasteiger partial charge in [-0.1, -0.05) is 72.1 Å². The van der Waals surface area contributed by atoms with E-state index in [1.807, 2.05) is 12.1 Å². The lowest BCUT2D eigenvalue weighted by Crippen LogP contribution is -2.33. The number of ether oxygens (including phenoxy) is 1. The molecule has 0 N–H and O–H groups in total. The number of rotatable bonds is 6. The largest absolute Gasteiger partial charge is 0.497 e. The molecule has 21 heavy (non-hydrogen) atoms. The summed E-state index contributed by atoms with van der Waals surface area (Å²) in [7, 11) is 1.70. The van der Waals surface area contributed by atoms with Crippen LogP contribution < -0.4 is 4.74 Å². The van der Waals surface area contributed by atoms with Crippen molar-refractivity contribution < 1.29 is 4.74 Å². The number of benzene rings is 2. The summed E-state index contributed by atoms with van der Waals surface area (Å²) in [5, 5.41) is 1.78. The summed E-state index contributed by atoms with van der Waals surface area (Å²) in [4.78, 5) is 0. The van der Waals surface area contributed by atoms with Crippen LogP contribution in [0, 0.1) is 0 Å². The minimum Gasteiger partial charge on any atom is -0.497 e. The first-order valence-electron chi connectivity index (χ1n) is 6.64. The van der Waals surface area contributed by atoms with Crippen LogP contribution in [-0.2, 0) is 11.8 Å². The second-order valence-electron chi connectivity index (χ2n) is 5.09. The molecule has 0 fully saturated rings. The van der Waals surface area contributed by atoms with E-state index in [0.717, 1.165) is 27.3 Å². The third-order valence-corrected chi connectivity index (χ3v) is 6.27. The van der Waals surface area contributed by atoms with Crippen LogP contribution in [0.15, 0.2) is 53.0 Å². The Bertz CT molecular complexity index is 594. The summed E-state index contributed by atoms with van der Waals surface area (Å²) < 4.78 is 6.44. The van der Waals surface area contributed by atoms with Gasteiger partial charge in [0, 0.05) is 20.5 Å². The average Bonchev–Trinajstić information content (AvgIpc) is 2.53. The molecule has 0 radical (unpaired) electrons. The third kappa shape index (κ3) is 4.11. The van der Waals surface area contributed by atoms with Crippen LogP contribution in [0.5, 0.6) is 5.75 Å². The molecule has 0 aliphatic heterocycles. The highest BCUT2D eigenvalue weighted by Crippen LogP contribution is 2.34. The first kappa shape index (κ1) is 17.0. The topological polar surface area (TPSA) is 9.23 Å². The Morgan fingerprint density at radius 1 is 1.00 bits per heavy atom. The molecule has 0 amide bonds. The highest BCUT2D eigenvalue weighted by molar-refractivity contribution is 9.10. The van der Waals surface area contributed by atoms with Gasteiger partial charge in [-0.2, -0.15) is 0 Å². The standard InChI is InChI=1S/C17H17Br3O/c1-21-16-7-2-4-13(8-16)10-17(11-18,12-19)14-5-3-6-15(20)9-14/h2-9H,10-12H2,1H3. The van der Waals surface area contributed by atoms with Gasteiger partial charge < -0.3 is 4.74 Å². The van der Waals surface area contributed by atoms with E-state index >= 15 is 0 Å². The van der Waals surface area contributed by atoms with Crippen molar-refractivity contribution in [3.63, 3.8) is 0 Å². The Labute approximate surface area is 151 Å². The van der Waals surface area contributed by atoms with E-state index in [2.05, 4.69) is 84.2 Å². The van der Waals surface area contributed by atoms with Crippen LogP contribution in [0.4, 0.5) is 0 Å². The van der Waals surface area contributed by atoms with E-state index in [9.17, 15) is 0 Å². The zero-order valence-electron chi connectivity index (χ0n) is 11.8. The van der Waals surface area contributed by atoms with Crippen molar-refractivity contribution in [2.75, 3.05) is 17.8 Å². The maximum atomic E-state index is 5.33.